The molecule has 1 spiro atoms. The Hall–Kier alpha value is -2.35. The van der Waals surface area contributed by atoms with Gasteiger partial charge in [0.25, 0.3) is 0 Å². The van der Waals surface area contributed by atoms with E-state index in [4.69, 9.17) is 27.2 Å². The van der Waals surface area contributed by atoms with Crippen LogP contribution in [0.1, 0.15) is 24.1 Å². The van der Waals surface area contributed by atoms with Gasteiger partial charge < -0.3 is 15.8 Å². The Labute approximate surface area is 185 Å². The zero-order chi connectivity index (χ0) is 20.0. The molecule has 0 aliphatic carbocycles. The van der Waals surface area contributed by atoms with Crippen molar-refractivity contribution < 1.29 is 9.13 Å². The van der Waals surface area contributed by atoms with Gasteiger partial charge in [0.1, 0.15) is 12.4 Å². The second kappa shape index (κ2) is 8.06. The molecule has 158 valence electrons. The van der Waals surface area contributed by atoms with Gasteiger partial charge in [-0.15, -0.1) is 12.4 Å². The molecular formula is C21H22Cl2FN5O. The molecule has 0 radical (unpaired) electrons. The van der Waals surface area contributed by atoms with Gasteiger partial charge in [-0.05, 0) is 49.7 Å². The fraction of sp³-hybridized carbons (Fsp3) is 0.333. The van der Waals surface area contributed by atoms with Gasteiger partial charge in [-0.2, -0.15) is 5.10 Å². The lowest BCUT2D eigenvalue weighted by molar-refractivity contribution is 0.306. The molecule has 3 aromatic rings. The summed E-state index contributed by atoms with van der Waals surface area (Å²) in [6.07, 6.45) is 3.97. The van der Waals surface area contributed by atoms with Crippen molar-refractivity contribution in [2.24, 2.45) is 0 Å². The number of nitrogens with one attached hydrogen (secondary N) is 1. The van der Waals surface area contributed by atoms with Crippen LogP contribution in [0, 0.1) is 5.82 Å². The summed E-state index contributed by atoms with van der Waals surface area (Å²) in [5.74, 6) is 0.327. The summed E-state index contributed by atoms with van der Waals surface area (Å²) >= 11 is 6.12. The highest BCUT2D eigenvalue weighted by molar-refractivity contribution is 6.31. The third-order valence-electron chi connectivity index (χ3n) is 5.94. The van der Waals surface area contributed by atoms with Crippen molar-refractivity contribution in [3.05, 3.63) is 58.6 Å². The number of nitrogens with two attached hydrogens (primary N) is 1. The summed E-state index contributed by atoms with van der Waals surface area (Å²) in [5.41, 5.74) is 9.70. The van der Waals surface area contributed by atoms with E-state index in [9.17, 15) is 4.39 Å². The van der Waals surface area contributed by atoms with E-state index in [2.05, 4.69) is 21.0 Å². The minimum atomic E-state index is -0.365. The summed E-state index contributed by atoms with van der Waals surface area (Å²) in [7, 11) is 0. The number of hydrogen-bond acceptors (Lipinski definition) is 5. The summed E-state index contributed by atoms with van der Waals surface area (Å²) in [6.45, 7) is 3.08. The van der Waals surface area contributed by atoms with Gasteiger partial charge in [0.05, 0.1) is 5.69 Å². The molecule has 6 nitrogen and oxygen atoms in total. The third-order valence-corrected chi connectivity index (χ3v) is 6.31. The number of ether oxygens (including phenoxy) is 1. The van der Waals surface area contributed by atoms with E-state index < -0.39 is 0 Å². The average Bonchev–Trinajstić information content (AvgIpc) is 3.42. The maximum absolute atomic E-state index is 13.5. The normalized spacial score (nSPS) is 19.7. The Morgan fingerprint density at radius 1 is 1.27 bits per heavy atom. The van der Waals surface area contributed by atoms with E-state index in [-0.39, 0.29) is 36.1 Å². The molecule has 3 N–H and O–H groups in total. The molecule has 9 heteroatoms. The van der Waals surface area contributed by atoms with Crippen LogP contribution in [0.4, 0.5) is 10.2 Å². The van der Waals surface area contributed by atoms with E-state index in [1.54, 1.807) is 6.20 Å². The maximum atomic E-state index is 13.5. The van der Waals surface area contributed by atoms with Crippen molar-refractivity contribution in [2.45, 2.75) is 31.4 Å². The lowest BCUT2D eigenvalue weighted by Gasteiger charge is -2.20. The minimum absolute atomic E-state index is 0. The molecule has 0 bridgehead atoms. The SMILES string of the molecule is Cl.Nc1ncc(-c2cc3n(n2)CC[C@@]32CCNC2)cc1OCc1cc(F)ccc1Cl. The average molecular weight is 450 g/mol. The number of fused-ring (bicyclic) bond motifs is 2. The number of anilines is 1. The Kier molecular flexibility index (Phi) is 5.61. The van der Waals surface area contributed by atoms with E-state index in [0.29, 0.717) is 16.3 Å². The number of nitrogens with zero attached hydrogens (tertiary/aromatic N) is 3. The number of nitrogen functional groups attached to an aromatic ring is 1. The first kappa shape index (κ1) is 20.9. The van der Waals surface area contributed by atoms with Crippen LogP contribution in [0.25, 0.3) is 11.3 Å². The van der Waals surface area contributed by atoms with Gasteiger partial charge in [0.15, 0.2) is 11.6 Å². The number of hydrogen-bond donors (Lipinski definition) is 2. The molecule has 1 atom stereocenters. The standard InChI is InChI=1S/C21H21ClFN5O.ClH/c22-16-2-1-15(23)7-14(16)11-29-18-8-13(10-26-20(18)24)17-9-19-21(3-5-25-12-21)4-6-28(19)27-17;/h1-2,7-10,25H,3-6,11-12H2,(H2,24,26);1H/t21-;/m1./s1. The first-order valence-corrected chi connectivity index (χ1v) is 10.0. The molecule has 2 aliphatic heterocycles. The Morgan fingerprint density at radius 3 is 2.93 bits per heavy atom. The van der Waals surface area contributed by atoms with Crippen LogP contribution in [0.2, 0.25) is 5.02 Å². The van der Waals surface area contributed by atoms with Crippen LogP contribution in [0.15, 0.2) is 36.5 Å². The summed E-state index contributed by atoms with van der Waals surface area (Å²) in [4.78, 5) is 4.26. The smallest absolute Gasteiger partial charge is 0.166 e. The highest BCUT2D eigenvalue weighted by Crippen LogP contribution is 2.41. The van der Waals surface area contributed by atoms with Crippen molar-refractivity contribution in [3.8, 4) is 17.0 Å². The fourth-order valence-electron chi connectivity index (χ4n) is 4.30. The van der Waals surface area contributed by atoms with Gasteiger partial charge in [0, 0.05) is 46.5 Å². The summed E-state index contributed by atoms with van der Waals surface area (Å²) < 4.78 is 21.4. The van der Waals surface area contributed by atoms with Crippen LogP contribution in [-0.2, 0) is 18.6 Å². The van der Waals surface area contributed by atoms with Gasteiger partial charge in [-0.25, -0.2) is 9.37 Å². The largest absolute Gasteiger partial charge is 0.485 e. The van der Waals surface area contributed by atoms with Gasteiger partial charge in [-0.3, -0.25) is 4.68 Å². The second-order valence-corrected chi connectivity index (χ2v) is 8.13. The number of aromatic nitrogens is 3. The van der Waals surface area contributed by atoms with Crippen LogP contribution in [-0.4, -0.2) is 27.9 Å². The van der Waals surface area contributed by atoms with Crippen LogP contribution < -0.4 is 15.8 Å². The molecule has 2 aliphatic rings. The number of rotatable bonds is 4. The van der Waals surface area contributed by atoms with Gasteiger partial charge in [-0.1, -0.05) is 11.6 Å². The first-order valence-electron chi connectivity index (χ1n) is 9.66. The van der Waals surface area contributed by atoms with Crippen molar-refractivity contribution in [1.82, 2.24) is 20.1 Å². The molecule has 1 saturated heterocycles. The zero-order valence-electron chi connectivity index (χ0n) is 16.2. The number of benzene rings is 1. The maximum Gasteiger partial charge on any atom is 0.166 e. The Bertz CT molecular complexity index is 1080. The van der Waals surface area contributed by atoms with Gasteiger partial charge in [0.2, 0.25) is 0 Å². The van der Waals surface area contributed by atoms with E-state index >= 15 is 0 Å². The van der Waals surface area contributed by atoms with Crippen molar-refractivity contribution in [3.63, 3.8) is 0 Å². The molecule has 0 amide bonds. The predicted molar refractivity (Wildman–Crippen MR) is 117 cm³/mol. The molecule has 2 aromatic heterocycles. The summed E-state index contributed by atoms with van der Waals surface area (Å²) in [5, 5.41) is 8.69. The number of pyridine rings is 1. The topological polar surface area (TPSA) is 78.0 Å². The highest BCUT2D eigenvalue weighted by atomic mass is 35.5. The molecule has 0 saturated carbocycles. The van der Waals surface area contributed by atoms with Crippen molar-refractivity contribution in [1.29, 1.82) is 0 Å². The van der Waals surface area contributed by atoms with Gasteiger partial charge >= 0.3 is 0 Å². The highest BCUT2D eigenvalue weighted by Gasteiger charge is 2.42. The quantitative estimate of drug-likeness (QED) is 0.630. The molecular weight excluding hydrogens is 428 g/mol. The molecule has 0 unspecified atom stereocenters. The Balaban J connectivity index is 0.00000218. The van der Waals surface area contributed by atoms with Crippen molar-refractivity contribution in [2.75, 3.05) is 18.8 Å². The van der Waals surface area contributed by atoms with E-state index in [0.717, 1.165) is 43.7 Å². The van der Waals surface area contributed by atoms with Crippen LogP contribution in [0.3, 0.4) is 0 Å². The monoisotopic (exact) mass is 449 g/mol. The first-order chi connectivity index (χ1) is 14.0. The van der Waals surface area contributed by atoms with Crippen LogP contribution >= 0.6 is 24.0 Å². The second-order valence-electron chi connectivity index (χ2n) is 7.73. The van der Waals surface area contributed by atoms with Crippen molar-refractivity contribution >= 4 is 29.8 Å². The predicted octanol–water partition coefficient (Wildman–Crippen LogP) is 3.96. The lowest BCUT2D eigenvalue weighted by atomic mass is 9.82. The molecule has 30 heavy (non-hydrogen) atoms. The summed E-state index contributed by atoms with van der Waals surface area (Å²) in [6, 6.07) is 8.15. The zero-order valence-corrected chi connectivity index (χ0v) is 17.8. The van der Waals surface area contributed by atoms with E-state index in [1.807, 2.05) is 6.07 Å². The molecule has 1 fully saturated rings. The van der Waals surface area contributed by atoms with E-state index in [1.165, 1.54) is 23.9 Å². The third kappa shape index (κ3) is 3.62. The molecule has 1 aromatic carbocycles. The minimum Gasteiger partial charge on any atom is -0.485 e. The Morgan fingerprint density at radius 2 is 2.13 bits per heavy atom. The molecule has 5 rings (SSSR count). The lowest BCUT2D eigenvalue weighted by Crippen LogP contribution is -2.25. The fourth-order valence-corrected chi connectivity index (χ4v) is 4.47. The van der Waals surface area contributed by atoms with Crippen LogP contribution in [0.5, 0.6) is 5.75 Å². The molecule has 4 heterocycles. The number of halogens is 3. The number of aryl methyl sites for hydroxylation is 1.